The third-order valence-electron chi connectivity index (χ3n) is 4.35. The number of likely N-dealkylation sites (N-methyl/N-ethyl adjacent to an activating group) is 2. The summed E-state index contributed by atoms with van der Waals surface area (Å²) < 4.78 is 1.63. The van der Waals surface area contributed by atoms with Gasteiger partial charge >= 0.3 is 0 Å². The number of anilines is 1. The van der Waals surface area contributed by atoms with Crippen molar-refractivity contribution in [2.75, 3.05) is 19.0 Å². The van der Waals surface area contributed by atoms with E-state index in [-0.39, 0.29) is 11.8 Å². The van der Waals surface area contributed by atoms with E-state index in [1.807, 2.05) is 0 Å². The lowest BCUT2D eigenvalue weighted by atomic mass is 10.0. The van der Waals surface area contributed by atoms with Crippen LogP contribution in [0.3, 0.4) is 0 Å². The Hall–Kier alpha value is -3.14. The van der Waals surface area contributed by atoms with E-state index in [2.05, 4.69) is 11.1 Å². The van der Waals surface area contributed by atoms with Gasteiger partial charge in [-0.15, -0.1) is 0 Å². The maximum Gasteiger partial charge on any atom is 0.274 e. The van der Waals surface area contributed by atoms with Crippen LogP contribution < -0.4 is 4.90 Å². The van der Waals surface area contributed by atoms with E-state index in [1.165, 1.54) is 16.1 Å². The Morgan fingerprint density at radius 3 is 2.46 bits per heavy atom. The summed E-state index contributed by atoms with van der Waals surface area (Å²) in [5, 5.41) is 8.87. The molecular weight excluding hydrogens is 306 g/mol. The molecule has 2 heterocycles. The smallest absolute Gasteiger partial charge is 0.274 e. The molecule has 24 heavy (non-hydrogen) atoms. The van der Waals surface area contributed by atoms with Crippen molar-refractivity contribution in [3.05, 3.63) is 47.4 Å². The van der Waals surface area contributed by atoms with Crippen LogP contribution in [0.1, 0.15) is 21.6 Å². The fourth-order valence-electron chi connectivity index (χ4n) is 2.87. The monoisotopic (exact) mass is 323 g/mol. The van der Waals surface area contributed by atoms with E-state index in [1.54, 1.807) is 50.0 Å². The quantitative estimate of drug-likeness (QED) is 0.824. The predicted molar refractivity (Wildman–Crippen MR) is 87.4 cm³/mol. The van der Waals surface area contributed by atoms with E-state index in [9.17, 15) is 9.59 Å². The molecule has 3 rings (SSSR count). The number of hydrogen-bond acceptors (Lipinski definition) is 4. The Balaban J connectivity index is 1.95. The van der Waals surface area contributed by atoms with Crippen molar-refractivity contribution in [2.45, 2.75) is 12.5 Å². The van der Waals surface area contributed by atoms with E-state index in [4.69, 9.17) is 5.26 Å². The third kappa shape index (κ3) is 2.42. The van der Waals surface area contributed by atoms with Crippen molar-refractivity contribution >= 4 is 17.6 Å². The highest BCUT2D eigenvalue weighted by Crippen LogP contribution is 2.26. The Bertz CT molecular complexity index is 847. The van der Waals surface area contributed by atoms with E-state index in [0.29, 0.717) is 23.5 Å². The van der Waals surface area contributed by atoms with Gasteiger partial charge in [-0.1, -0.05) is 12.1 Å². The van der Waals surface area contributed by atoms with E-state index < -0.39 is 6.04 Å². The molecule has 1 unspecified atom stereocenters. The molecule has 1 atom stereocenters. The second-order valence-electron chi connectivity index (χ2n) is 5.87. The molecule has 0 radical (unpaired) electrons. The Morgan fingerprint density at radius 2 is 1.83 bits per heavy atom. The molecule has 2 aromatic rings. The molecule has 7 heteroatoms. The lowest BCUT2D eigenvalue weighted by molar-refractivity contribution is -0.122. The SMILES string of the molecule is CN1C(=O)C(Cc2ccc(C#N)cc2)N(C)C(=O)c2c1ncn2C. The zero-order chi connectivity index (χ0) is 17.4. The zero-order valence-corrected chi connectivity index (χ0v) is 13.7. The number of aryl methyl sites for hydroxylation is 1. The van der Waals surface area contributed by atoms with Gasteiger partial charge in [0.2, 0.25) is 0 Å². The minimum atomic E-state index is -0.621. The maximum absolute atomic E-state index is 12.8. The lowest BCUT2D eigenvalue weighted by Crippen LogP contribution is -2.47. The molecule has 0 N–H and O–H groups in total. The number of hydrogen-bond donors (Lipinski definition) is 0. The summed E-state index contributed by atoms with van der Waals surface area (Å²) in [6, 6.07) is 8.47. The topological polar surface area (TPSA) is 82.2 Å². The van der Waals surface area contributed by atoms with Crippen LogP contribution in [0.5, 0.6) is 0 Å². The molecule has 0 saturated carbocycles. The first-order valence-electron chi connectivity index (χ1n) is 7.49. The highest BCUT2D eigenvalue weighted by atomic mass is 16.2. The third-order valence-corrected chi connectivity index (χ3v) is 4.35. The van der Waals surface area contributed by atoms with Gasteiger partial charge in [0.25, 0.3) is 11.8 Å². The number of nitrogens with zero attached hydrogens (tertiary/aromatic N) is 5. The number of fused-ring (bicyclic) bond motifs is 1. The Labute approximate surface area is 139 Å². The minimum Gasteiger partial charge on any atom is -0.328 e. The average molecular weight is 323 g/mol. The summed E-state index contributed by atoms with van der Waals surface area (Å²) in [6.07, 6.45) is 1.91. The maximum atomic E-state index is 12.8. The molecule has 0 spiro atoms. The standard InChI is InChI=1S/C17H17N5O2/c1-20-10-19-15-14(20)17(24)21(2)13(16(23)22(15)3)8-11-4-6-12(9-18)7-5-11/h4-7,10,13H,8H2,1-3H3. The first-order chi connectivity index (χ1) is 11.4. The number of rotatable bonds is 2. The summed E-state index contributed by atoms with van der Waals surface area (Å²) >= 11 is 0. The highest BCUT2D eigenvalue weighted by molar-refractivity contribution is 6.09. The van der Waals surface area contributed by atoms with Crippen molar-refractivity contribution in [1.82, 2.24) is 14.5 Å². The summed E-state index contributed by atoms with van der Waals surface area (Å²) in [4.78, 5) is 32.7. The van der Waals surface area contributed by atoms with Crippen molar-refractivity contribution in [3.63, 3.8) is 0 Å². The normalized spacial score (nSPS) is 17.5. The van der Waals surface area contributed by atoms with Crippen LogP contribution in [0.15, 0.2) is 30.6 Å². The number of benzene rings is 1. The molecule has 1 aromatic heterocycles. The van der Waals surface area contributed by atoms with Crippen molar-refractivity contribution < 1.29 is 9.59 Å². The molecule has 0 saturated heterocycles. The van der Waals surface area contributed by atoms with Gasteiger partial charge < -0.3 is 9.47 Å². The van der Waals surface area contributed by atoms with Crippen LogP contribution in [0.4, 0.5) is 5.82 Å². The van der Waals surface area contributed by atoms with Crippen LogP contribution in [-0.4, -0.2) is 46.4 Å². The molecule has 0 bridgehead atoms. The summed E-state index contributed by atoms with van der Waals surface area (Å²) in [5.74, 6) is -0.0457. The molecule has 1 aromatic carbocycles. The van der Waals surface area contributed by atoms with Crippen LogP contribution in [0, 0.1) is 11.3 Å². The van der Waals surface area contributed by atoms with Crippen LogP contribution >= 0.6 is 0 Å². The Kier molecular flexibility index (Phi) is 3.81. The largest absolute Gasteiger partial charge is 0.328 e. The van der Waals surface area contributed by atoms with Crippen molar-refractivity contribution in [2.24, 2.45) is 7.05 Å². The number of nitriles is 1. The zero-order valence-electron chi connectivity index (χ0n) is 13.7. The number of imidazole rings is 1. The molecule has 2 amide bonds. The van der Waals surface area contributed by atoms with E-state index in [0.717, 1.165) is 5.56 Å². The van der Waals surface area contributed by atoms with Gasteiger partial charge in [-0.05, 0) is 17.7 Å². The Morgan fingerprint density at radius 1 is 1.17 bits per heavy atom. The minimum absolute atomic E-state index is 0.187. The number of carbonyl (C=O) groups is 2. The fraction of sp³-hybridized carbons (Fsp3) is 0.294. The van der Waals surface area contributed by atoms with Gasteiger partial charge in [-0.2, -0.15) is 5.26 Å². The van der Waals surface area contributed by atoms with Gasteiger partial charge in [-0.3, -0.25) is 14.5 Å². The summed E-state index contributed by atoms with van der Waals surface area (Å²) in [7, 11) is 4.99. The number of carbonyl (C=O) groups excluding carboxylic acids is 2. The van der Waals surface area contributed by atoms with Crippen LogP contribution in [0.25, 0.3) is 0 Å². The summed E-state index contributed by atoms with van der Waals surface area (Å²) in [6.45, 7) is 0. The molecule has 0 fully saturated rings. The first kappa shape index (κ1) is 15.7. The molecule has 1 aliphatic rings. The second-order valence-corrected chi connectivity index (χ2v) is 5.87. The van der Waals surface area contributed by atoms with E-state index >= 15 is 0 Å². The molecule has 122 valence electrons. The number of amides is 2. The number of aromatic nitrogens is 2. The van der Waals surface area contributed by atoms with Crippen LogP contribution in [-0.2, 0) is 18.3 Å². The molecular formula is C17H17N5O2. The second kappa shape index (κ2) is 5.81. The van der Waals surface area contributed by atoms with Crippen molar-refractivity contribution in [1.29, 1.82) is 5.26 Å². The van der Waals surface area contributed by atoms with Crippen LogP contribution in [0.2, 0.25) is 0 Å². The average Bonchev–Trinajstić information content (AvgIpc) is 2.96. The van der Waals surface area contributed by atoms with Gasteiger partial charge in [0, 0.05) is 27.6 Å². The molecule has 1 aliphatic heterocycles. The highest BCUT2D eigenvalue weighted by Gasteiger charge is 2.38. The van der Waals surface area contributed by atoms with Crippen molar-refractivity contribution in [3.8, 4) is 6.07 Å². The van der Waals surface area contributed by atoms with Gasteiger partial charge in [0.1, 0.15) is 6.04 Å². The fourth-order valence-corrected chi connectivity index (χ4v) is 2.87. The summed E-state index contributed by atoms with van der Waals surface area (Å²) in [5.41, 5.74) is 1.85. The van der Waals surface area contributed by atoms with Gasteiger partial charge in [0.05, 0.1) is 18.0 Å². The molecule has 7 nitrogen and oxygen atoms in total. The first-order valence-corrected chi connectivity index (χ1v) is 7.49. The van der Waals surface area contributed by atoms with Gasteiger partial charge in [0.15, 0.2) is 11.5 Å². The van der Waals surface area contributed by atoms with Gasteiger partial charge in [-0.25, -0.2) is 4.98 Å². The molecule has 0 aliphatic carbocycles. The predicted octanol–water partition coefficient (Wildman–Crippen LogP) is 0.951. The lowest BCUT2D eigenvalue weighted by Gasteiger charge is -2.26.